The number of amides is 1. The smallest absolute Gasteiger partial charge is 0.225 e. The minimum absolute atomic E-state index is 0.00436. The molecule has 134 valence electrons. The molecule has 4 heteroatoms. The third kappa shape index (κ3) is 6.85. The average molecular weight is 333 g/mol. The van der Waals surface area contributed by atoms with Gasteiger partial charge >= 0.3 is 0 Å². The van der Waals surface area contributed by atoms with E-state index in [-0.39, 0.29) is 17.7 Å². The number of ether oxygens (including phenoxy) is 1. The van der Waals surface area contributed by atoms with Crippen LogP contribution < -0.4 is 0 Å². The van der Waals surface area contributed by atoms with Crippen molar-refractivity contribution >= 4 is 5.91 Å². The Balaban J connectivity index is 2.44. The molecule has 1 amide bonds. The predicted molar refractivity (Wildman–Crippen MR) is 97.5 cm³/mol. The molecule has 0 aliphatic carbocycles. The lowest BCUT2D eigenvalue weighted by molar-refractivity contribution is -0.127. The summed E-state index contributed by atoms with van der Waals surface area (Å²) >= 11 is 0. The summed E-state index contributed by atoms with van der Waals surface area (Å²) in [4.78, 5) is 13.2. The highest BCUT2D eigenvalue weighted by atomic mass is 16.5. The zero-order valence-corrected chi connectivity index (χ0v) is 15.5. The fraction of sp³-hybridized carbons (Fsp3) is 0.550. The number of aliphatic hydroxyl groups is 1. The maximum absolute atomic E-state index is 11.6. The molecule has 0 saturated carbocycles. The number of hydrogen-bond donors (Lipinski definition) is 1. The van der Waals surface area contributed by atoms with Gasteiger partial charge in [-0.3, -0.25) is 4.79 Å². The first kappa shape index (κ1) is 20.4. The Hall–Kier alpha value is -1.65. The standard InChI is InChI=1S/C20H31NO3/c1-15(11-12-19(22)21(4)5)17(3)20(23)16(2)13-24-14-18-9-7-6-8-10-18/h6-11,16-17,20,23H,12-14H2,1-5H3/b15-11+/t16-,17+,20-/m1/s1. The third-order valence-electron chi connectivity index (χ3n) is 4.40. The van der Waals surface area contributed by atoms with Gasteiger partial charge in [-0.25, -0.2) is 0 Å². The number of carbonyl (C=O) groups is 1. The van der Waals surface area contributed by atoms with Gasteiger partial charge in [0.1, 0.15) is 0 Å². The summed E-state index contributed by atoms with van der Waals surface area (Å²) in [6.07, 6.45) is 1.79. The van der Waals surface area contributed by atoms with Crippen LogP contribution in [0.15, 0.2) is 42.0 Å². The van der Waals surface area contributed by atoms with Crippen LogP contribution in [0.3, 0.4) is 0 Å². The number of rotatable bonds is 9. The zero-order valence-electron chi connectivity index (χ0n) is 15.5. The molecule has 0 spiro atoms. The first-order valence-electron chi connectivity index (χ1n) is 8.49. The molecule has 0 heterocycles. The molecule has 3 atom stereocenters. The summed E-state index contributed by atoms with van der Waals surface area (Å²) in [6.45, 7) is 7.01. The Kier molecular flexibility index (Phi) is 8.72. The molecule has 0 aliphatic rings. The third-order valence-corrected chi connectivity index (χ3v) is 4.40. The molecule has 1 aromatic rings. The van der Waals surface area contributed by atoms with E-state index in [1.54, 1.807) is 19.0 Å². The van der Waals surface area contributed by atoms with Crippen molar-refractivity contribution in [3.63, 3.8) is 0 Å². The molecule has 0 saturated heterocycles. The van der Waals surface area contributed by atoms with Crippen LogP contribution in [0.4, 0.5) is 0 Å². The lowest BCUT2D eigenvalue weighted by Crippen LogP contribution is -2.29. The van der Waals surface area contributed by atoms with E-state index in [0.717, 1.165) is 11.1 Å². The highest BCUT2D eigenvalue weighted by Crippen LogP contribution is 2.21. The van der Waals surface area contributed by atoms with Gasteiger partial charge in [-0.2, -0.15) is 0 Å². The molecule has 1 rings (SSSR count). The van der Waals surface area contributed by atoms with Crippen molar-refractivity contribution in [1.29, 1.82) is 0 Å². The molecule has 0 aliphatic heterocycles. The van der Waals surface area contributed by atoms with Crippen molar-refractivity contribution in [2.45, 2.75) is 39.9 Å². The Morgan fingerprint density at radius 1 is 1.25 bits per heavy atom. The van der Waals surface area contributed by atoms with Crippen molar-refractivity contribution in [2.24, 2.45) is 11.8 Å². The fourth-order valence-electron chi connectivity index (χ4n) is 2.41. The molecule has 1 N–H and O–H groups in total. The number of hydrogen-bond acceptors (Lipinski definition) is 3. The first-order valence-corrected chi connectivity index (χ1v) is 8.49. The molecule has 4 nitrogen and oxygen atoms in total. The summed E-state index contributed by atoms with van der Waals surface area (Å²) in [5.41, 5.74) is 2.16. The first-order chi connectivity index (χ1) is 11.3. The number of benzene rings is 1. The minimum atomic E-state index is -0.494. The highest BCUT2D eigenvalue weighted by molar-refractivity contribution is 5.77. The largest absolute Gasteiger partial charge is 0.392 e. The summed E-state index contributed by atoms with van der Waals surface area (Å²) in [5, 5.41) is 10.5. The molecule has 1 aromatic carbocycles. The second-order valence-electron chi connectivity index (χ2n) is 6.70. The van der Waals surface area contributed by atoms with E-state index in [1.807, 2.05) is 57.2 Å². The topological polar surface area (TPSA) is 49.8 Å². The van der Waals surface area contributed by atoms with Crippen molar-refractivity contribution < 1.29 is 14.6 Å². The van der Waals surface area contributed by atoms with E-state index < -0.39 is 6.10 Å². The Morgan fingerprint density at radius 2 is 1.88 bits per heavy atom. The minimum Gasteiger partial charge on any atom is -0.392 e. The van der Waals surface area contributed by atoms with Crippen LogP contribution in [0.1, 0.15) is 32.8 Å². The van der Waals surface area contributed by atoms with Gasteiger partial charge in [0.05, 0.1) is 19.3 Å². The van der Waals surface area contributed by atoms with Gasteiger partial charge in [0.2, 0.25) is 5.91 Å². The fourth-order valence-corrected chi connectivity index (χ4v) is 2.41. The average Bonchev–Trinajstić information content (AvgIpc) is 2.58. The number of aliphatic hydroxyl groups excluding tert-OH is 1. The molecule has 0 aromatic heterocycles. The number of nitrogens with zero attached hydrogens (tertiary/aromatic N) is 1. The molecule has 0 bridgehead atoms. The van der Waals surface area contributed by atoms with Crippen LogP contribution in [0.5, 0.6) is 0 Å². The van der Waals surface area contributed by atoms with Crippen molar-refractivity contribution in [3.05, 3.63) is 47.5 Å². The SMILES string of the molecule is C/C(=C\CC(=O)N(C)C)[C@H](C)[C@H](O)[C@H](C)COCc1ccccc1. The van der Waals surface area contributed by atoms with Crippen LogP contribution in [0.2, 0.25) is 0 Å². The van der Waals surface area contributed by atoms with Gasteiger partial charge in [-0.05, 0) is 12.5 Å². The van der Waals surface area contributed by atoms with Gasteiger partial charge in [0.15, 0.2) is 0 Å². The van der Waals surface area contributed by atoms with E-state index >= 15 is 0 Å². The van der Waals surface area contributed by atoms with Crippen LogP contribution in [0, 0.1) is 11.8 Å². The van der Waals surface area contributed by atoms with Gasteiger partial charge in [0, 0.05) is 32.4 Å². The Bertz CT molecular complexity index is 525. The lowest BCUT2D eigenvalue weighted by atomic mass is 9.88. The maximum Gasteiger partial charge on any atom is 0.225 e. The zero-order chi connectivity index (χ0) is 18.1. The molecular weight excluding hydrogens is 302 g/mol. The predicted octanol–water partition coefficient (Wildman–Crippen LogP) is 3.26. The Labute approximate surface area is 146 Å². The lowest BCUT2D eigenvalue weighted by Gasteiger charge is -2.25. The van der Waals surface area contributed by atoms with Gasteiger partial charge in [-0.1, -0.05) is 55.8 Å². The normalized spacial score (nSPS) is 15.7. The van der Waals surface area contributed by atoms with Crippen LogP contribution >= 0.6 is 0 Å². The number of carbonyl (C=O) groups excluding carboxylic acids is 1. The van der Waals surface area contributed by atoms with E-state index in [9.17, 15) is 9.90 Å². The summed E-state index contributed by atoms with van der Waals surface area (Å²) in [7, 11) is 3.49. The maximum atomic E-state index is 11.6. The molecular formula is C20H31NO3. The van der Waals surface area contributed by atoms with Gasteiger partial charge < -0.3 is 14.7 Å². The van der Waals surface area contributed by atoms with E-state index in [2.05, 4.69) is 0 Å². The molecule has 0 fully saturated rings. The molecule has 24 heavy (non-hydrogen) atoms. The summed E-state index contributed by atoms with van der Waals surface area (Å²) in [6, 6.07) is 10.0. The highest BCUT2D eigenvalue weighted by Gasteiger charge is 2.22. The van der Waals surface area contributed by atoms with Crippen LogP contribution in [0.25, 0.3) is 0 Å². The second kappa shape index (κ2) is 10.3. The van der Waals surface area contributed by atoms with Gasteiger partial charge in [-0.15, -0.1) is 0 Å². The Morgan fingerprint density at radius 3 is 2.46 bits per heavy atom. The van der Waals surface area contributed by atoms with Gasteiger partial charge in [0.25, 0.3) is 0 Å². The van der Waals surface area contributed by atoms with E-state index in [1.165, 1.54) is 0 Å². The molecule has 0 radical (unpaired) electrons. The van der Waals surface area contributed by atoms with Crippen molar-refractivity contribution in [1.82, 2.24) is 4.90 Å². The summed E-state index contributed by atoms with van der Waals surface area (Å²) < 4.78 is 5.72. The molecule has 0 unspecified atom stereocenters. The van der Waals surface area contributed by atoms with E-state index in [4.69, 9.17) is 4.74 Å². The van der Waals surface area contributed by atoms with Crippen molar-refractivity contribution in [3.8, 4) is 0 Å². The van der Waals surface area contributed by atoms with Crippen LogP contribution in [-0.2, 0) is 16.1 Å². The summed E-state index contributed by atoms with van der Waals surface area (Å²) in [5.74, 6) is 0.0854. The second-order valence-corrected chi connectivity index (χ2v) is 6.70. The van der Waals surface area contributed by atoms with Crippen molar-refractivity contribution in [2.75, 3.05) is 20.7 Å². The van der Waals surface area contributed by atoms with E-state index in [0.29, 0.717) is 19.6 Å². The van der Waals surface area contributed by atoms with Crippen LogP contribution in [-0.4, -0.2) is 42.7 Å². The quantitative estimate of drug-likeness (QED) is 0.706. The monoisotopic (exact) mass is 333 g/mol.